The van der Waals surface area contributed by atoms with E-state index in [0.29, 0.717) is 5.25 Å². The summed E-state index contributed by atoms with van der Waals surface area (Å²) in [6.45, 7) is 3.10. The summed E-state index contributed by atoms with van der Waals surface area (Å²) in [5.74, 6) is 0.847. The fourth-order valence-electron chi connectivity index (χ4n) is 1.37. The predicted octanol–water partition coefficient (Wildman–Crippen LogP) is 2.79. The topological polar surface area (TPSA) is 37.8 Å². The first-order chi connectivity index (χ1) is 7.79. The average Bonchev–Trinajstić information content (AvgIpc) is 2.35. The number of hydrogen-bond acceptors (Lipinski definition) is 4. The van der Waals surface area contributed by atoms with E-state index in [1.807, 2.05) is 36.0 Å². The fourth-order valence-corrected chi connectivity index (χ4v) is 1.62. The summed E-state index contributed by atoms with van der Waals surface area (Å²) in [5, 5.41) is 3.87. The third-order valence-electron chi connectivity index (χ3n) is 2.42. The van der Waals surface area contributed by atoms with Gasteiger partial charge >= 0.3 is 0 Å². The van der Waals surface area contributed by atoms with Crippen LogP contribution in [0.3, 0.4) is 0 Å². The minimum atomic E-state index is 0.577. The first-order valence-electron chi connectivity index (χ1n) is 5.28. The molecule has 0 spiro atoms. The second kappa shape index (κ2) is 5.16. The van der Waals surface area contributed by atoms with Crippen molar-refractivity contribution in [2.24, 2.45) is 0 Å². The number of hydrogen-bond donors (Lipinski definition) is 1. The van der Waals surface area contributed by atoms with Gasteiger partial charge in [-0.15, -0.1) is 0 Å². The molecule has 3 nitrogen and oxygen atoms in total. The van der Waals surface area contributed by atoms with Crippen LogP contribution in [0.15, 0.2) is 30.5 Å². The number of nitrogens with zero attached hydrogens (tertiary/aromatic N) is 2. The van der Waals surface area contributed by atoms with Gasteiger partial charge in [0.15, 0.2) is 0 Å². The highest BCUT2D eigenvalue weighted by atomic mass is 32.2. The van der Waals surface area contributed by atoms with Crippen LogP contribution < -0.4 is 5.32 Å². The van der Waals surface area contributed by atoms with Gasteiger partial charge in [-0.25, -0.2) is 4.98 Å². The van der Waals surface area contributed by atoms with Crippen LogP contribution in [0.1, 0.15) is 6.92 Å². The van der Waals surface area contributed by atoms with Crippen LogP contribution in [0.25, 0.3) is 11.0 Å². The Hall–Kier alpha value is -1.29. The van der Waals surface area contributed by atoms with Crippen LogP contribution in [0, 0.1) is 0 Å². The second-order valence-electron chi connectivity index (χ2n) is 3.67. The van der Waals surface area contributed by atoms with E-state index in [-0.39, 0.29) is 0 Å². The van der Waals surface area contributed by atoms with E-state index in [4.69, 9.17) is 0 Å². The van der Waals surface area contributed by atoms with Crippen molar-refractivity contribution in [3.8, 4) is 0 Å². The normalized spacial score (nSPS) is 12.6. The predicted molar refractivity (Wildman–Crippen MR) is 71.0 cm³/mol. The number of rotatable bonds is 4. The number of thioether (sulfide) groups is 1. The number of benzene rings is 1. The molecule has 2 rings (SSSR count). The Kier molecular flexibility index (Phi) is 3.62. The third kappa shape index (κ3) is 2.64. The van der Waals surface area contributed by atoms with Crippen LogP contribution >= 0.6 is 11.8 Å². The maximum absolute atomic E-state index is 4.50. The number of anilines is 1. The number of fused-ring (bicyclic) bond motifs is 1. The maximum atomic E-state index is 4.50. The summed E-state index contributed by atoms with van der Waals surface area (Å²) in [6.07, 6.45) is 3.90. The van der Waals surface area contributed by atoms with Gasteiger partial charge in [0.05, 0.1) is 17.2 Å². The Labute approximate surface area is 99.7 Å². The molecule has 1 aromatic heterocycles. The van der Waals surface area contributed by atoms with Gasteiger partial charge in [-0.1, -0.05) is 19.1 Å². The van der Waals surface area contributed by atoms with Gasteiger partial charge in [0, 0.05) is 11.8 Å². The zero-order valence-corrected chi connectivity index (χ0v) is 10.3. The van der Waals surface area contributed by atoms with E-state index in [9.17, 15) is 0 Å². The highest BCUT2D eigenvalue weighted by molar-refractivity contribution is 7.99. The lowest BCUT2D eigenvalue weighted by atomic mass is 10.3. The number of nitrogens with one attached hydrogen (secondary N) is 1. The van der Waals surface area contributed by atoms with Crippen LogP contribution in [0.4, 0.5) is 5.82 Å². The lowest BCUT2D eigenvalue weighted by molar-refractivity contribution is 0.991. The largest absolute Gasteiger partial charge is 0.368 e. The summed E-state index contributed by atoms with van der Waals surface area (Å²) in [6, 6.07) is 7.90. The lowest BCUT2D eigenvalue weighted by Crippen LogP contribution is -2.13. The van der Waals surface area contributed by atoms with E-state index >= 15 is 0 Å². The molecule has 0 aliphatic heterocycles. The summed E-state index contributed by atoms with van der Waals surface area (Å²) in [4.78, 5) is 8.85. The maximum Gasteiger partial charge on any atom is 0.145 e. The molecule has 84 valence electrons. The van der Waals surface area contributed by atoms with E-state index in [0.717, 1.165) is 23.4 Å². The summed E-state index contributed by atoms with van der Waals surface area (Å²) in [7, 11) is 0. The Morgan fingerprint density at radius 2 is 2.06 bits per heavy atom. The standard InChI is InChI=1S/C12H15N3S/c1-9(16-2)7-14-12-8-13-10-5-3-4-6-11(10)15-12/h3-6,8-9H,7H2,1-2H3,(H,14,15). The highest BCUT2D eigenvalue weighted by Gasteiger charge is 2.01. The first kappa shape index (κ1) is 11.2. The van der Waals surface area contributed by atoms with Crippen molar-refractivity contribution in [1.82, 2.24) is 9.97 Å². The molecule has 1 aromatic carbocycles. The van der Waals surface area contributed by atoms with Crippen molar-refractivity contribution in [2.45, 2.75) is 12.2 Å². The van der Waals surface area contributed by atoms with Gasteiger partial charge in [-0.05, 0) is 18.4 Å². The van der Waals surface area contributed by atoms with Crippen molar-refractivity contribution in [3.05, 3.63) is 30.5 Å². The van der Waals surface area contributed by atoms with E-state index in [1.54, 1.807) is 6.20 Å². The molecule has 0 aliphatic carbocycles. The SMILES string of the molecule is CSC(C)CNc1cnc2ccccc2n1. The minimum Gasteiger partial charge on any atom is -0.368 e. The smallest absolute Gasteiger partial charge is 0.145 e. The van der Waals surface area contributed by atoms with Gasteiger partial charge < -0.3 is 5.32 Å². The van der Waals surface area contributed by atoms with Gasteiger partial charge in [0.2, 0.25) is 0 Å². The monoisotopic (exact) mass is 233 g/mol. The summed E-state index contributed by atoms with van der Waals surface area (Å²) in [5.41, 5.74) is 1.87. The molecular formula is C12H15N3S. The van der Waals surface area contributed by atoms with Crippen LogP contribution in [-0.2, 0) is 0 Å². The van der Waals surface area contributed by atoms with Crippen molar-refractivity contribution >= 4 is 28.6 Å². The molecule has 1 heterocycles. The van der Waals surface area contributed by atoms with Gasteiger partial charge in [0.25, 0.3) is 0 Å². The van der Waals surface area contributed by atoms with Gasteiger partial charge in [-0.3, -0.25) is 4.98 Å². The lowest BCUT2D eigenvalue weighted by Gasteiger charge is -2.10. The number of para-hydroxylation sites is 2. The van der Waals surface area contributed by atoms with Crippen molar-refractivity contribution in [1.29, 1.82) is 0 Å². The third-order valence-corrected chi connectivity index (χ3v) is 3.39. The van der Waals surface area contributed by atoms with E-state index in [2.05, 4.69) is 28.5 Å². The molecule has 0 radical (unpaired) electrons. The Bertz CT molecular complexity index is 473. The van der Waals surface area contributed by atoms with E-state index < -0.39 is 0 Å². The fraction of sp³-hybridized carbons (Fsp3) is 0.333. The molecule has 0 saturated carbocycles. The molecule has 0 bridgehead atoms. The van der Waals surface area contributed by atoms with Gasteiger partial charge in [0.1, 0.15) is 5.82 Å². The molecule has 1 atom stereocenters. The molecule has 0 saturated heterocycles. The van der Waals surface area contributed by atoms with Gasteiger partial charge in [-0.2, -0.15) is 11.8 Å². The average molecular weight is 233 g/mol. The van der Waals surface area contributed by atoms with Crippen molar-refractivity contribution < 1.29 is 0 Å². The molecule has 1 unspecified atom stereocenters. The summed E-state index contributed by atoms with van der Waals surface area (Å²) < 4.78 is 0. The Morgan fingerprint density at radius 1 is 1.31 bits per heavy atom. The van der Waals surface area contributed by atoms with Crippen molar-refractivity contribution in [2.75, 3.05) is 18.1 Å². The van der Waals surface area contributed by atoms with Crippen LogP contribution in [-0.4, -0.2) is 28.0 Å². The first-order valence-corrected chi connectivity index (χ1v) is 6.57. The molecule has 2 aromatic rings. The summed E-state index contributed by atoms with van der Waals surface area (Å²) >= 11 is 1.84. The quantitative estimate of drug-likeness (QED) is 0.881. The molecule has 4 heteroatoms. The molecule has 0 amide bonds. The minimum absolute atomic E-state index is 0.577. The number of aromatic nitrogens is 2. The van der Waals surface area contributed by atoms with Crippen LogP contribution in [0.2, 0.25) is 0 Å². The van der Waals surface area contributed by atoms with Crippen molar-refractivity contribution in [3.63, 3.8) is 0 Å². The molecule has 1 N–H and O–H groups in total. The zero-order chi connectivity index (χ0) is 11.4. The molecular weight excluding hydrogens is 218 g/mol. The van der Waals surface area contributed by atoms with E-state index in [1.165, 1.54) is 0 Å². The zero-order valence-electron chi connectivity index (χ0n) is 9.47. The molecule has 0 aliphatic rings. The second-order valence-corrected chi connectivity index (χ2v) is 4.95. The Morgan fingerprint density at radius 3 is 2.81 bits per heavy atom. The highest BCUT2D eigenvalue weighted by Crippen LogP contribution is 2.12. The molecule has 16 heavy (non-hydrogen) atoms. The molecule has 0 fully saturated rings. The Balaban J connectivity index is 2.13. The van der Waals surface area contributed by atoms with Crippen LogP contribution in [0.5, 0.6) is 0 Å².